The highest BCUT2D eigenvalue weighted by molar-refractivity contribution is 7.85. The number of carbonyl (C=O) groups is 2. The van der Waals surface area contributed by atoms with Crippen LogP contribution in [0.25, 0.3) is 0 Å². The van der Waals surface area contributed by atoms with E-state index in [1.165, 1.54) is 0 Å². The maximum atomic E-state index is 12.4. The Hall–Kier alpha value is -2.47. The molecule has 1 heterocycles. The average Bonchev–Trinajstić information content (AvgIpc) is 2.60. The van der Waals surface area contributed by atoms with E-state index in [0.717, 1.165) is 0 Å². The summed E-state index contributed by atoms with van der Waals surface area (Å²) >= 11 is 0. The molecule has 3 rings (SSSR count). The highest BCUT2D eigenvalue weighted by Gasteiger charge is 2.26. The molecule has 0 spiro atoms. The van der Waals surface area contributed by atoms with Crippen molar-refractivity contribution in [1.82, 2.24) is 5.32 Å². The van der Waals surface area contributed by atoms with Gasteiger partial charge in [-0.15, -0.1) is 0 Å². The Balaban J connectivity index is 1.69. The Kier molecular flexibility index (Phi) is 4.52. The van der Waals surface area contributed by atoms with Gasteiger partial charge in [-0.25, -0.2) is 0 Å². The minimum Gasteiger partial charge on any atom is -0.343 e. The molecule has 0 aromatic heterocycles. The van der Waals surface area contributed by atoms with Crippen LogP contribution >= 0.6 is 0 Å². The van der Waals surface area contributed by atoms with Gasteiger partial charge in [0.1, 0.15) is 0 Å². The lowest BCUT2D eigenvalue weighted by atomic mass is 10.2. The number of amides is 2. The van der Waals surface area contributed by atoms with E-state index >= 15 is 0 Å². The van der Waals surface area contributed by atoms with Crippen LogP contribution in [0.2, 0.25) is 0 Å². The molecule has 1 N–H and O–H groups in total. The average molecular weight is 328 g/mol. The van der Waals surface area contributed by atoms with E-state index in [9.17, 15) is 13.8 Å². The van der Waals surface area contributed by atoms with Crippen molar-refractivity contribution in [1.29, 1.82) is 0 Å². The van der Waals surface area contributed by atoms with Gasteiger partial charge < -0.3 is 10.2 Å². The van der Waals surface area contributed by atoms with Crippen LogP contribution < -0.4 is 10.2 Å². The molecule has 23 heavy (non-hydrogen) atoms. The van der Waals surface area contributed by atoms with Crippen molar-refractivity contribution in [3.05, 3.63) is 60.2 Å². The summed E-state index contributed by atoms with van der Waals surface area (Å²) in [5.74, 6) is -0.0821. The lowest BCUT2D eigenvalue weighted by Crippen LogP contribution is -2.44. The molecule has 1 aliphatic rings. The van der Waals surface area contributed by atoms with Crippen LogP contribution in [0.1, 0.15) is 10.4 Å². The van der Waals surface area contributed by atoms with Crippen LogP contribution in [0.15, 0.2) is 59.5 Å². The standard InChI is InChI=1S/C17H16N2O3S/c20-16(12-18-17(21)13-6-2-1-3-7-13)19-10-11-23(22)15-9-5-4-8-14(15)19/h1-9H,10-12H2,(H,18,21). The lowest BCUT2D eigenvalue weighted by molar-refractivity contribution is -0.117. The van der Waals surface area contributed by atoms with Gasteiger partial charge in [-0.05, 0) is 24.3 Å². The first-order valence-corrected chi connectivity index (χ1v) is 8.60. The smallest absolute Gasteiger partial charge is 0.251 e. The number of fused-ring (bicyclic) bond motifs is 1. The molecular weight excluding hydrogens is 312 g/mol. The second-order valence-electron chi connectivity index (χ2n) is 5.11. The molecular formula is C17H16N2O3S. The van der Waals surface area contributed by atoms with E-state index in [4.69, 9.17) is 0 Å². The quantitative estimate of drug-likeness (QED) is 0.930. The molecule has 0 fully saturated rings. The molecule has 2 amide bonds. The zero-order chi connectivity index (χ0) is 16.2. The van der Waals surface area contributed by atoms with Crippen molar-refractivity contribution < 1.29 is 13.8 Å². The molecule has 0 bridgehead atoms. The third-order valence-corrected chi connectivity index (χ3v) is 5.03. The van der Waals surface area contributed by atoms with Gasteiger partial charge in [0.15, 0.2) is 0 Å². The molecule has 2 aromatic rings. The Morgan fingerprint density at radius 3 is 2.52 bits per heavy atom. The van der Waals surface area contributed by atoms with E-state index in [1.807, 2.05) is 18.2 Å². The topological polar surface area (TPSA) is 66.5 Å². The Morgan fingerprint density at radius 2 is 1.74 bits per heavy atom. The number of rotatable bonds is 3. The first-order chi connectivity index (χ1) is 11.2. The molecule has 0 saturated heterocycles. The first kappa shape index (κ1) is 15.4. The second kappa shape index (κ2) is 6.75. The molecule has 2 aromatic carbocycles. The third-order valence-electron chi connectivity index (χ3n) is 3.64. The first-order valence-electron chi connectivity index (χ1n) is 7.28. The van der Waals surface area contributed by atoms with Crippen LogP contribution in [0.4, 0.5) is 5.69 Å². The van der Waals surface area contributed by atoms with Crippen molar-refractivity contribution in [3.8, 4) is 0 Å². The number of anilines is 1. The van der Waals surface area contributed by atoms with E-state index in [-0.39, 0.29) is 18.4 Å². The SMILES string of the molecule is O=C(NCC(=O)N1CCS(=O)c2ccccc21)c1ccccc1. The zero-order valence-electron chi connectivity index (χ0n) is 12.4. The van der Waals surface area contributed by atoms with Gasteiger partial charge in [0.05, 0.1) is 27.9 Å². The predicted molar refractivity (Wildman–Crippen MR) is 88.8 cm³/mol. The fraction of sp³-hybridized carbons (Fsp3) is 0.176. The minimum atomic E-state index is -1.08. The molecule has 5 nitrogen and oxygen atoms in total. The van der Waals surface area contributed by atoms with Gasteiger partial charge in [0.25, 0.3) is 5.91 Å². The summed E-state index contributed by atoms with van der Waals surface area (Å²) in [4.78, 5) is 26.7. The fourth-order valence-electron chi connectivity index (χ4n) is 2.48. The van der Waals surface area contributed by atoms with E-state index in [1.54, 1.807) is 41.3 Å². The number of nitrogens with one attached hydrogen (secondary N) is 1. The van der Waals surface area contributed by atoms with Crippen LogP contribution in [0, 0.1) is 0 Å². The molecule has 1 aliphatic heterocycles. The molecule has 1 atom stereocenters. The monoisotopic (exact) mass is 328 g/mol. The predicted octanol–water partition coefficient (Wildman–Crippen LogP) is 1.57. The summed E-state index contributed by atoms with van der Waals surface area (Å²) in [6.45, 7) is 0.304. The molecule has 118 valence electrons. The van der Waals surface area contributed by atoms with Gasteiger partial charge in [-0.2, -0.15) is 0 Å². The molecule has 1 unspecified atom stereocenters. The molecule has 0 saturated carbocycles. The van der Waals surface area contributed by atoms with E-state index in [2.05, 4.69) is 5.32 Å². The van der Waals surface area contributed by atoms with Gasteiger partial charge >= 0.3 is 0 Å². The van der Waals surface area contributed by atoms with Gasteiger partial charge in [0, 0.05) is 17.9 Å². The molecule has 6 heteroatoms. The second-order valence-corrected chi connectivity index (χ2v) is 6.65. The highest BCUT2D eigenvalue weighted by atomic mass is 32.2. The number of benzene rings is 2. The molecule has 0 aliphatic carbocycles. The highest BCUT2D eigenvalue weighted by Crippen LogP contribution is 2.27. The van der Waals surface area contributed by atoms with Crippen LogP contribution in [0.5, 0.6) is 0 Å². The summed E-state index contributed by atoms with van der Waals surface area (Å²) in [6.07, 6.45) is 0. The van der Waals surface area contributed by atoms with Crippen molar-refractivity contribution in [2.24, 2.45) is 0 Å². The number of para-hydroxylation sites is 1. The van der Waals surface area contributed by atoms with Crippen molar-refractivity contribution in [3.63, 3.8) is 0 Å². The van der Waals surface area contributed by atoms with Crippen LogP contribution in [-0.2, 0) is 15.6 Å². The Morgan fingerprint density at radius 1 is 1.04 bits per heavy atom. The van der Waals surface area contributed by atoms with Crippen molar-refractivity contribution in [2.45, 2.75) is 4.90 Å². The van der Waals surface area contributed by atoms with Gasteiger partial charge in [0.2, 0.25) is 5.91 Å². The summed E-state index contributed by atoms with van der Waals surface area (Å²) in [6, 6.07) is 15.9. The summed E-state index contributed by atoms with van der Waals surface area (Å²) in [5, 5.41) is 2.63. The Labute approximate surface area is 136 Å². The third kappa shape index (κ3) is 3.32. The van der Waals surface area contributed by atoms with E-state index in [0.29, 0.717) is 28.4 Å². The lowest BCUT2D eigenvalue weighted by Gasteiger charge is -2.28. The number of nitrogens with zero attached hydrogens (tertiary/aromatic N) is 1. The normalized spacial score (nSPS) is 16.5. The zero-order valence-corrected chi connectivity index (χ0v) is 13.2. The van der Waals surface area contributed by atoms with Crippen LogP contribution in [0.3, 0.4) is 0 Å². The number of hydrogen-bond acceptors (Lipinski definition) is 3. The Bertz CT molecular complexity index is 761. The fourth-order valence-corrected chi connectivity index (χ4v) is 3.69. The number of carbonyl (C=O) groups excluding carboxylic acids is 2. The van der Waals surface area contributed by atoms with Crippen LogP contribution in [-0.4, -0.2) is 34.9 Å². The van der Waals surface area contributed by atoms with Crippen molar-refractivity contribution >= 4 is 28.3 Å². The summed E-state index contributed by atoms with van der Waals surface area (Å²) < 4.78 is 12.0. The summed E-state index contributed by atoms with van der Waals surface area (Å²) in [7, 11) is -1.08. The van der Waals surface area contributed by atoms with Gasteiger partial charge in [-0.1, -0.05) is 30.3 Å². The maximum Gasteiger partial charge on any atom is 0.251 e. The van der Waals surface area contributed by atoms with E-state index < -0.39 is 10.8 Å². The van der Waals surface area contributed by atoms with Crippen molar-refractivity contribution in [2.75, 3.05) is 23.7 Å². The number of hydrogen-bond donors (Lipinski definition) is 1. The largest absolute Gasteiger partial charge is 0.343 e. The molecule has 0 radical (unpaired) electrons. The minimum absolute atomic E-state index is 0.0886. The maximum absolute atomic E-state index is 12.4. The summed E-state index contributed by atoms with van der Waals surface area (Å²) in [5.41, 5.74) is 1.18. The van der Waals surface area contributed by atoms with Gasteiger partial charge in [-0.3, -0.25) is 13.8 Å².